The molecule has 0 saturated heterocycles. The molecule has 3 aromatic rings. The predicted octanol–water partition coefficient (Wildman–Crippen LogP) is 5.16. The first-order valence-corrected chi connectivity index (χ1v) is 7.51. The van der Waals surface area contributed by atoms with Crippen LogP contribution in [0.25, 0.3) is 10.9 Å². The molecule has 3 rings (SSSR count). The molecule has 0 fully saturated rings. The minimum absolute atomic E-state index is 0.0758. The number of aromatic amines is 1. The van der Waals surface area contributed by atoms with E-state index in [2.05, 4.69) is 15.3 Å². The molecule has 2 aromatic heterocycles. The summed E-state index contributed by atoms with van der Waals surface area (Å²) in [5, 5.41) is 2.67. The molecule has 0 bridgehead atoms. The van der Waals surface area contributed by atoms with Gasteiger partial charge in [0.2, 0.25) is 0 Å². The fourth-order valence-corrected chi connectivity index (χ4v) is 2.52. The van der Waals surface area contributed by atoms with Crippen molar-refractivity contribution in [2.45, 2.75) is 19.3 Å². The third kappa shape index (κ3) is 3.88. The zero-order valence-corrected chi connectivity index (χ0v) is 13.6. The number of hydrogen-bond donors (Lipinski definition) is 2. The van der Waals surface area contributed by atoms with Gasteiger partial charge in [-0.3, -0.25) is 4.79 Å². The van der Waals surface area contributed by atoms with Crippen LogP contribution < -0.4 is 5.32 Å². The first-order chi connectivity index (χ1) is 12.4. The van der Waals surface area contributed by atoms with Gasteiger partial charge >= 0.3 is 12.4 Å². The summed E-state index contributed by atoms with van der Waals surface area (Å²) >= 11 is 0. The second kappa shape index (κ2) is 6.29. The van der Waals surface area contributed by atoms with E-state index in [4.69, 9.17) is 0 Å². The number of H-pyrrole nitrogens is 1. The summed E-state index contributed by atoms with van der Waals surface area (Å²) in [6, 6.07) is 6.65. The molecule has 0 unspecified atom stereocenters. The van der Waals surface area contributed by atoms with Crippen LogP contribution in [-0.2, 0) is 12.4 Å². The number of carbonyl (C=O) groups is 1. The van der Waals surface area contributed by atoms with Gasteiger partial charge in [-0.25, -0.2) is 4.98 Å². The lowest BCUT2D eigenvalue weighted by molar-refractivity contribution is -0.141. The topological polar surface area (TPSA) is 57.8 Å². The number of aromatic nitrogens is 2. The number of nitrogens with one attached hydrogen (secondary N) is 2. The Bertz CT molecular complexity index is 1020. The molecule has 27 heavy (non-hydrogen) atoms. The molecule has 0 aliphatic rings. The number of nitrogens with zero attached hydrogens (tertiary/aromatic N) is 1. The van der Waals surface area contributed by atoms with Crippen LogP contribution in [-0.4, -0.2) is 15.9 Å². The lowest BCUT2D eigenvalue weighted by Gasteiger charge is -2.10. The zero-order chi connectivity index (χ0) is 20.0. The van der Waals surface area contributed by atoms with E-state index in [9.17, 15) is 31.1 Å². The minimum Gasteiger partial charge on any atom is -0.351 e. The van der Waals surface area contributed by atoms with Gasteiger partial charge in [0.05, 0.1) is 11.3 Å². The highest BCUT2D eigenvalue weighted by molar-refractivity contribution is 6.05. The van der Waals surface area contributed by atoms with Crippen molar-refractivity contribution in [3.05, 3.63) is 59.0 Å². The first-order valence-electron chi connectivity index (χ1n) is 7.51. The number of benzene rings is 1. The summed E-state index contributed by atoms with van der Waals surface area (Å²) in [4.78, 5) is 17.9. The molecule has 1 amide bonds. The van der Waals surface area contributed by atoms with Gasteiger partial charge in [-0.15, -0.1) is 0 Å². The van der Waals surface area contributed by atoms with Crippen LogP contribution in [0.1, 0.15) is 27.4 Å². The van der Waals surface area contributed by atoms with E-state index >= 15 is 0 Å². The van der Waals surface area contributed by atoms with E-state index in [-0.39, 0.29) is 27.8 Å². The van der Waals surface area contributed by atoms with Crippen LogP contribution in [0.5, 0.6) is 0 Å². The lowest BCUT2D eigenvalue weighted by Crippen LogP contribution is -2.16. The van der Waals surface area contributed by atoms with Gasteiger partial charge in [0.25, 0.3) is 5.91 Å². The molecular weight excluding hydrogens is 376 g/mol. The van der Waals surface area contributed by atoms with Crippen molar-refractivity contribution in [2.24, 2.45) is 0 Å². The minimum atomic E-state index is -4.63. The number of aryl methyl sites for hydroxylation is 1. The summed E-state index contributed by atoms with van der Waals surface area (Å²) in [5.74, 6) is -0.723. The Morgan fingerprint density at radius 1 is 1.00 bits per heavy atom. The largest absolute Gasteiger partial charge is 0.433 e. The molecule has 2 heterocycles. The molecule has 0 aliphatic carbocycles. The number of amides is 1. The van der Waals surface area contributed by atoms with Gasteiger partial charge < -0.3 is 10.3 Å². The van der Waals surface area contributed by atoms with Crippen molar-refractivity contribution in [1.29, 1.82) is 0 Å². The maximum absolute atomic E-state index is 12.7. The first kappa shape index (κ1) is 18.7. The fraction of sp³-hybridized carbons (Fsp3) is 0.176. The van der Waals surface area contributed by atoms with Crippen molar-refractivity contribution in [3.8, 4) is 0 Å². The average Bonchev–Trinajstić information content (AvgIpc) is 2.97. The summed E-state index contributed by atoms with van der Waals surface area (Å²) in [6.45, 7) is 1.26. The number of anilines is 1. The molecule has 0 radical (unpaired) electrons. The standard InChI is InChI=1S/C17H11F6N3O/c1-8-11(3-5-13(24-8)16(18,19)20)15(27)25-10-2-4-12-9(6-10)7-14(26-12)17(21,22)23/h2-7,26H,1H3,(H,25,27). The molecule has 0 saturated carbocycles. The molecule has 4 nitrogen and oxygen atoms in total. The third-order valence-electron chi connectivity index (χ3n) is 3.80. The number of halogens is 6. The number of alkyl halides is 6. The van der Waals surface area contributed by atoms with Crippen molar-refractivity contribution in [2.75, 3.05) is 5.32 Å². The maximum atomic E-state index is 12.7. The van der Waals surface area contributed by atoms with Gasteiger partial charge in [0, 0.05) is 16.6 Å². The van der Waals surface area contributed by atoms with Crippen LogP contribution in [0, 0.1) is 6.92 Å². The Morgan fingerprint density at radius 3 is 2.30 bits per heavy atom. The van der Waals surface area contributed by atoms with E-state index in [1.54, 1.807) is 0 Å². The quantitative estimate of drug-likeness (QED) is 0.597. The summed E-state index contributed by atoms with van der Waals surface area (Å²) in [5.41, 5.74) is -1.82. The van der Waals surface area contributed by atoms with Crippen molar-refractivity contribution >= 4 is 22.5 Å². The monoisotopic (exact) mass is 387 g/mol. The van der Waals surface area contributed by atoms with Crippen LogP contribution in [0.2, 0.25) is 0 Å². The summed E-state index contributed by atoms with van der Waals surface area (Å²) in [6.07, 6.45) is -9.17. The van der Waals surface area contributed by atoms with Crippen molar-refractivity contribution < 1.29 is 31.1 Å². The smallest absolute Gasteiger partial charge is 0.351 e. The number of fused-ring (bicyclic) bond motifs is 1. The number of carbonyl (C=O) groups excluding carboxylic acids is 1. The molecule has 0 aliphatic heterocycles. The second-order valence-electron chi connectivity index (χ2n) is 5.76. The van der Waals surface area contributed by atoms with Crippen molar-refractivity contribution in [3.63, 3.8) is 0 Å². The van der Waals surface area contributed by atoms with Crippen LogP contribution in [0.4, 0.5) is 32.0 Å². The molecule has 0 spiro atoms. The number of hydrogen-bond acceptors (Lipinski definition) is 2. The highest BCUT2D eigenvalue weighted by atomic mass is 19.4. The number of pyridine rings is 1. The second-order valence-corrected chi connectivity index (χ2v) is 5.76. The zero-order valence-electron chi connectivity index (χ0n) is 13.6. The van der Waals surface area contributed by atoms with E-state index in [1.807, 2.05) is 0 Å². The molecular formula is C17H11F6N3O. The van der Waals surface area contributed by atoms with Gasteiger partial charge in [0.15, 0.2) is 0 Å². The molecule has 142 valence electrons. The Balaban J connectivity index is 1.85. The SMILES string of the molecule is Cc1nc(C(F)(F)F)ccc1C(=O)Nc1ccc2[nH]c(C(F)(F)F)cc2c1. The molecule has 10 heteroatoms. The third-order valence-corrected chi connectivity index (χ3v) is 3.80. The van der Waals surface area contributed by atoms with Gasteiger partial charge in [-0.1, -0.05) is 0 Å². The van der Waals surface area contributed by atoms with Gasteiger partial charge in [-0.2, -0.15) is 26.3 Å². The summed E-state index contributed by atoms with van der Waals surface area (Å²) in [7, 11) is 0. The Kier molecular flexibility index (Phi) is 4.37. The fourth-order valence-electron chi connectivity index (χ4n) is 2.52. The van der Waals surface area contributed by atoms with Crippen LogP contribution >= 0.6 is 0 Å². The Morgan fingerprint density at radius 2 is 1.70 bits per heavy atom. The molecule has 2 N–H and O–H groups in total. The normalized spacial score (nSPS) is 12.4. The van der Waals surface area contributed by atoms with Gasteiger partial charge in [-0.05, 0) is 43.3 Å². The molecule has 1 aromatic carbocycles. The number of rotatable bonds is 2. The highest BCUT2D eigenvalue weighted by Crippen LogP contribution is 2.32. The van der Waals surface area contributed by atoms with E-state index in [0.29, 0.717) is 6.07 Å². The van der Waals surface area contributed by atoms with Gasteiger partial charge in [0.1, 0.15) is 11.4 Å². The highest BCUT2D eigenvalue weighted by Gasteiger charge is 2.33. The Hall–Kier alpha value is -3.04. The predicted molar refractivity (Wildman–Crippen MR) is 85.2 cm³/mol. The molecule has 0 atom stereocenters. The Labute approximate surface area is 148 Å². The van der Waals surface area contributed by atoms with Crippen molar-refractivity contribution in [1.82, 2.24) is 9.97 Å². The maximum Gasteiger partial charge on any atom is 0.433 e. The van der Waals surface area contributed by atoms with Crippen LogP contribution in [0.15, 0.2) is 36.4 Å². The van der Waals surface area contributed by atoms with Crippen LogP contribution in [0.3, 0.4) is 0 Å². The van der Waals surface area contributed by atoms with E-state index in [1.165, 1.54) is 25.1 Å². The lowest BCUT2D eigenvalue weighted by atomic mass is 10.1. The average molecular weight is 387 g/mol. The summed E-state index contributed by atoms with van der Waals surface area (Å²) < 4.78 is 76.1. The van der Waals surface area contributed by atoms with E-state index in [0.717, 1.165) is 12.1 Å². The van der Waals surface area contributed by atoms with E-state index < -0.39 is 29.6 Å².